The summed E-state index contributed by atoms with van der Waals surface area (Å²) in [5, 5.41) is 2.84. The van der Waals surface area contributed by atoms with Crippen LogP contribution in [0.25, 0.3) is 0 Å². The molecule has 118 valence electrons. The van der Waals surface area contributed by atoms with E-state index in [2.05, 4.69) is 10.3 Å². The van der Waals surface area contributed by atoms with Gasteiger partial charge in [-0.2, -0.15) is 0 Å². The number of nitrogens with one attached hydrogen (secondary N) is 1. The van der Waals surface area contributed by atoms with E-state index >= 15 is 0 Å². The van der Waals surface area contributed by atoms with Gasteiger partial charge in [-0.05, 0) is 31.2 Å². The average Bonchev–Trinajstić information content (AvgIpc) is 2.88. The summed E-state index contributed by atoms with van der Waals surface area (Å²) in [6.45, 7) is 2.45. The molecule has 0 radical (unpaired) electrons. The largest absolute Gasteiger partial charge is 0.399 e. The van der Waals surface area contributed by atoms with Gasteiger partial charge in [0.2, 0.25) is 5.91 Å². The first-order valence-corrected chi connectivity index (χ1v) is 7.42. The zero-order chi connectivity index (χ0) is 16.4. The molecule has 0 aliphatic carbocycles. The molecular formula is C17H18N4O2. The van der Waals surface area contributed by atoms with Crippen LogP contribution in [0.15, 0.2) is 42.6 Å². The minimum atomic E-state index is -0.319. The number of hydrogen-bond acceptors (Lipinski definition) is 4. The highest BCUT2D eigenvalue weighted by atomic mass is 16.2. The second-order valence-corrected chi connectivity index (χ2v) is 5.69. The van der Waals surface area contributed by atoms with Crippen molar-refractivity contribution < 1.29 is 9.59 Å². The van der Waals surface area contributed by atoms with Crippen LogP contribution in [0.5, 0.6) is 0 Å². The van der Waals surface area contributed by atoms with Crippen molar-refractivity contribution in [3.63, 3.8) is 0 Å². The molecule has 1 atom stereocenters. The van der Waals surface area contributed by atoms with Crippen molar-refractivity contribution in [2.75, 3.05) is 17.2 Å². The van der Waals surface area contributed by atoms with Crippen molar-refractivity contribution in [3.8, 4) is 0 Å². The standard InChI is InChI=1S/C17H18N4O2/c1-11-2-4-14(5-3-11)21-10-13(9-16(21)22)20-17(23)15-8-12(18)6-7-19-15/h2-8,13H,9-10H2,1H3,(H2,18,19)(H,20,23)/t13-/m0/s1. The molecule has 23 heavy (non-hydrogen) atoms. The number of carbonyl (C=O) groups excluding carboxylic acids is 2. The molecule has 1 aromatic carbocycles. The van der Waals surface area contributed by atoms with E-state index in [1.165, 1.54) is 12.3 Å². The Kier molecular flexibility index (Phi) is 3.97. The van der Waals surface area contributed by atoms with Gasteiger partial charge in [0, 0.05) is 30.5 Å². The fraction of sp³-hybridized carbons (Fsp3) is 0.235. The van der Waals surface area contributed by atoms with Gasteiger partial charge in [0.15, 0.2) is 0 Å². The summed E-state index contributed by atoms with van der Waals surface area (Å²) in [6.07, 6.45) is 1.77. The zero-order valence-electron chi connectivity index (χ0n) is 12.8. The lowest BCUT2D eigenvalue weighted by Gasteiger charge is -2.17. The van der Waals surface area contributed by atoms with E-state index in [4.69, 9.17) is 5.73 Å². The van der Waals surface area contributed by atoms with Crippen LogP contribution in [0.4, 0.5) is 11.4 Å². The molecule has 3 N–H and O–H groups in total. The van der Waals surface area contributed by atoms with Gasteiger partial charge in [-0.25, -0.2) is 0 Å². The molecule has 2 heterocycles. The summed E-state index contributed by atoms with van der Waals surface area (Å²) in [5.41, 5.74) is 8.37. The maximum atomic E-state index is 12.2. The van der Waals surface area contributed by atoms with E-state index in [0.29, 0.717) is 12.2 Å². The van der Waals surface area contributed by atoms with Gasteiger partial charge in [0.1, 0.15) is 5.69 Å². The number of hydrogen-bond donors (Lipinski definition) is 2. The van der Waals surface area contributed by atoms with Gasteiger partial charge in [-0.3, -0.25) is 14.6 Å². The molecule has 0 saturated carbocycles. The Balaban J connectivity index is 1.68. The molecule has 1 aromatic heterocycles. The van der Waals surface area contributed by atoms with Crippen molar-refractivity contribution >= 4 is 23.2 Å². The van der Waals surface area contributed by atoms with E-state index in [1.54, 1.807) is 11.0 Å². The van der Waals surface area contributed by atoms with Crippen LogP contribution < -0.4 is 16.0 Å². The molecule has 3 rings (SSSR count). The summed E-state index contributed by atoms with van der Waals surface area (Å²) in [7, 11) is 0. The minimum absolute atomic E-state index is 0.000289. The molecule has 1 saturated heterocycles. The highest BCUT2D eigenvalue weighted by molar-refractivity contribution is 5.98. The number of anilines is 2. The van der Waals surface area contributed by atoms with Gasteiger partial charge in [0.05, 0.1) is 6.04 Å². The number of carbonyl (C=O) groups is 2. The number of nitrogens with two attached hydrogens (primary N) is 1. The average molecular weight is 310 g/mol. The first-order valence-electron chi connectivity index (χ1n) is 7.42. The number of nitrogens with zero attached hydrogens (tertiary/aromatic N) is 2. The van der Waals surface area contributed by atoms with Crippen molar-refractivity contribution in [1.82, 2.24) is 10.3 Å². The third-order valence-electron chi connectivity index (χ3n) is 3.82. The van der Waals surface area contributed by atoms with Crippen LogP contribution in [-0.4, -0.2) is 29.4 Å². The Bertz CT molecular complexity index is 743. The van der Waals surface area contributed by atoms with Gasteiger partial charge >= 0.3 is 0 Å². The number of pyridine rings is 1. The molecule has 1 aliphatic rings. The van der Waals surface area contributed by atoms with E-state index < -0.39 is 0 Å². The second kappa shape index (κ2) is 6.08. The van der Waals surface area contributed by atoms with Crippen molar-refractivity contribution in [2.45, 2.75) is 19.4 Å². The maximum absolute atomic E-state index is 12.2. The number of amides is 2. The van der Waals surface area contributed by atoms with Crippen molar-refractivity contribution in [1.29, 1.82) is 0 Å². The number of aryl methyl sites for hydroxylation is 1. The SMILES string of the molecule is Cc1ccc(N2C[C@@H](NC(=O)c3cc(N)ccn3)CC2=O)cc1. The molecule has 1 aliphatic heterocycles. The minimum Gasteiger partial charge on any atom is -0.399 e. The molecule has 2 amide bonds. The highest BCUT2D eigenvalue weighted by Crippen LogP contribution is 2.22. The third-order valence-corrected chi connectivity index (χ3v) is 3.82. The third kappa shape index (κ3) is 3.31. The number of nitrogen functional groups attached to an aromatic ring is 1. The van der Waals surface area contributed by atoms with Crippen LogP contribution in [0.1, 0.15) is 22.5 Å². The van der Waals surface area contributed by atoms with Gasteiger partial charge in [0.25, 0.3) is 5.91 Å². The van der Waals surface area contributed by atoms with Crippen molar-refractivity contribution in [2.24, 2.45) is 0 Å². The van der Waals surface area contributed by atoms with E-state index in [-0.39, 0.29) is 30.0 Å². The quantitative estimate of drug-likeness (QED) is 0.899. The van der Waals surface area contributed by atoms with Crippen LogP contribution in [0.3, 0.4) is 0 Å². The second-order valence-electron chi connectivity index (χ2n) is 5.69. The Hall–Kier alpha value is -2.89. The number of benzene rings is 1. The fourth-order valence-electron chi connectivity index (χ4n) is 2.61. The molecular weight excluding hydrogens is 292 g/mol. The molecule has 1 fully saturated rings. The maximum Gasteiger partial charge on any atom is 0.270 e. The summed E-state index contributed by atoms with van der Waals surface area (Å²) < 4.78 is 0. The lowest BCUT2D eigenvalue weighted by Crippen LogP contribution is -2.37. The normalized spacial score (nSPS) is 17.3. The number of aromatic nitrogens is 1. The smallest absolute Gasteiger partial charge is 0.270 e. The lowest BCUT2D eigenvalue weighted by molar-refractivity contribution is -0.117. The topological polar surface area (TPSA) is 88.3 Å². The van der Waals surface area contributed by atoms with E-state index in [9.17, 15) is 9.59 Å². The van der Waals surface area contributed by atoms with Crippen LogP contribution in [-0.2, 0) is 4.79 Å². The Morgan fingerprint density at radius 2 is 2.04 bits per heavy atom. The Labute approximate surface area is 134 Å². The molecule has 6 nitrogen and oxygen atoms in total. The summed E-state index contributed by atoms with van der Waals surface area (Å²) in [6, 6.07) is 10.7. The zero-order valence-corrected chi connectivity index (χ0v) is 12.8. The van der Waals surface area contributed by atoms with Crippen LogP contribution in [0.2, 0.25) is 0 Å². The van der Waals surface area contributed by atoms with Crippen LogP contribution >= 0.6 is 0 Å². The van der Waals surface area contributed by atoms with E-state index in [0.717, 1.165) is 11.3 Å². The predicted molar refractivity (Wildman–Crippen MR) is 88.1 cm³/mol. The fourth-order valence-corrected chi connectivity index (χ4v) is 2.61. The first kappa shape index (κ1) is 15.0. The summed E-state index contributed by atoms with van der Waals surface area (Å²) in [4.78, 5) is 30.1. The highest BCUT2D eigenvalue weighted by Gasteiger charge is 2.31. The lowest BCUT2D eigenvalue weighted by atomic mass is 10.2. The molecule has 0 unspecified atom stereocenters. The van der Waals surface area contributed by atoms with Gasteiger partial charge in [-0.1, -0.05) is 17.7 Å². The molecule has 0 bridgehead atoms. The molecule has 2 aromatic rings. The monoisotopic (exact) mass is 310 g/mol. The van der Waals surface area contributed by atoms with Crippen LogP contribution in [0, 0.1) is 6.92 Å². The summed E-state index contributed by atoms with van der Waals surface area (Å²) in [5.74, 6) is -0.319. The Morgan fingerprint density at radius 3 is 2.74 bits per heavy atom. The van der Waals surface area contributed by atoms with E-state index in [1.807, 2.05) is 31.2 Å². The van der Waals surface area contributed by atoms with Gasteiger partial charge < -0.3 is 16.0 Å². The number of rotatable bonds is 3. The predicted octanol–water partition coefficient (Wildman–Crippen LogP) is 1.51. The van der Waals surface area contributed by atoms with Crippen molar-refractivity contribution in [3.05, 3.63) is 53.9 Å². The first-order chi connectivity index (χ1) is 11.0. The molecule has 6 heteroatoms. The van der Waals surface area contributed by atoms with Gasteiger partial charge in [-0.15, -0.1) is 0 Å². The Morgan fingerprint density at radius 1 is 1.30 bits per heavy atom. The summed E-state index contributed by atoms with van der Waals surface area (Å²) >= 11 is 0. The molecule has 0 spiro atoms.